The molecule has 3 aliphatic carbocycles. The van der Waals surface area contributed by atoms with Gasteiger partial charge in [-0.2, -0.15) is 0 Å². The quantitative estimate of drug-likeness (QED) is 0.176. The molecule has 0 spiro atoms. The number of rotatable bonds is 4. The maximum atomic E-state index is 7.02. The highest BCUT2D eigenvalue weighted by Crippen LogP contribution is 2.64. The third-order valence-electron chi connectivity index (χ3n) is 17.6. The van der Waals surface area contributed by atoms with Crippen LogP contribution in [0.25, 0.3) is 99.2 Å². The summed E-state index contributed by atoms with van der Waals surface area (Å²) < 4.78 is 14.0. The molecule has 0 fully saturated rings. The Kier molecular flexibility index (Phi) is 8.33. The molecule has 0 aliphatic heterocycles. The number of anilines is 3. The van der Waals surface area contributed by atoms with Crippen molar-refractivity contribution in [3.8, 4) is 44.5 Å². The predicted octanol–water partition coefficient (Wildman–Crippen LogP) is 19.6. The van der Waals surface area contributed by atoms with Gasteiger partial charge >= 0.3 is 0 Å². The van der Waals surface area contributed by atoms with Crippen molar-refractivity contribution in [1.82, 2.24) is 0 Å². The van der Waals surface area contributed by atoms with Crippen molar-refractivity contribution in [3.63, 3.8) is 0 Å². The standard InChI is InChI=1S/C70H55NO2/c1-38-33-39(2)58(40(3)34-38)50-37-54-59(61-48-23-13-16-27-56(48)72-66(50)61)46-31-29-42(35-52(46)68(54,4)5)71(55-26-18-20-41-19-10-11-21-44(41)55)43-30-32-47-53(36-43)70(8,9)64-60(47)62-49-24-14-17-28-57(49)73-67(62)63-45-22-12-15-25-51(45)69(6,7)65(63)64/h10-37H,1-9H3. The molecule has 0 amide bonds. The molecule has 0 unspecified atom stereocenters. The number of furan rings is 2. The molecule has 0 bridgehead atoms. The van der Waals surface area contributed by atoms with E-state index in [9.17, 15) is 0 Å². The Balaban J connectivity index is 0.971. The number of nitrogens with zero attached hydrogens (tertiary/aromatic N) is 1. The normalized spacial score (nSPS) is 15.2. The number of hydrogen-bond acceptors (Lipinski definition) is 3. The maximum absolute atomic E-state index is 7.02. The fourth-order valence-corrected chi connectivity index (χ4v) is 14.5. The molecule has 12 aromatic rings. The van der Waals surface area contributed by atoms with E-state index >= 15 is 0 Å². The van der Waals surface area contributed by atoms with Crippen LogP contribution in [0.4, 0.5) is 17.1 Å². The van der Waals surface area contributed by atoms with E-state index in [0.717, 1.165) is 44.8 Å². The van der Waals surface area contributed by atoms with Gasteiger partial charge in [0, 0.05) is 65.7 Å². The van der Waals surface area contributed by atoms with Gasteiger partial charge in [-0.3, -0.25) is 0 Å². The van der Waals surface area contributed by atoms with Crippen LogP contribution < -0.4 is 4.90 Å². The zero-order valence-corrected chi connectivity index (χ0v) is 42.9. The molecule has 15 rings (SSSR count). The first-order chi connectivity index (χ1) is 35.2. The molecule has 0 saturated carbocycles. The molecule has 3 nitrogen and oxygen atoms in total. The minimum absolute atomic E-state index is 0.234. The Morgan fingerprint density at radius 2 is 0.890 bits per heavy atom. The van der Waals surface area contributed by atoms with E-state index in [1.165, 1.54) is 122 Å². The van der Waals surface area contributed by atoms with Crippen molar-refractivity contribution in [3.05, 3.63) is 220 Å². The summed E-state index contributed by atoms with van der Waals surface area (Å²) in [7, 11) is 0. The van der Waals surface area contributed by atoms with Gasteiger partial charge in [-0.1, -0.05) is 168 Å². The summed E-state index contributed by atoms with van der Waals surface area (Å²) in [5.74, 6) is 0. The molecule has 2 aromatic heterocycles. The monoisotopic (exact) mass is 941 g/mol. The molecular weight excluding hydrogens is 887 g/mol. The lowest BCUT2D eigenvalue weighted by molar-refractivity contribution is 0.600. The predicted molar refractivity (Wildman–Crippen MR) is 306 cm³/mol. The average molecular weight is 942 g/mol. The van der Waals surface area contributed by atoms with Gasteiger partial charge in [-0.05, 0) is 153 Å². The zero-order chi connectivity index (χ0) is 49.6. The minimum atomic E-state index is -0.340. The molecule has 0 N–H and O–H groups in total. The van der Waals surface area contributed by atoms with Crippen LogP contribution in [0.1, 0.15) is 91.6 Å². The van der Waals surface area contributed by atoms with E-state index in [4.69, 9.17) is 8.83 Å². The summed E-state index contributed by atoms with van der Waals surface area (Å²) in [5, 5.41) is 7.16. The van der Waals surface area contributed by atoms with Gasteiger partial charge in [0.2, 0.25) is 0 Å². The van der Waals surface area contributed by atoms with E-state index < -0.39 is 0 Å². The zero-order valence-electron chi connectivity index (χ0n) is 42.9. The Hall–Kier alpha value is -8.14. The van der Waals surface area contributed by atoms with Gasteiger partial charge in [0.25, 0.3) is 0 Å². The summed E-state index contributed by atoms with van der Waals surface area (Å²) in [6, 6.07) is 63.5. The lowest BCUT2D eigenvalue weighted by atomic mass is 9.72. The van der Waals surface area contributed by atoms with Crippen LogP contribution in [0.2, 0.25) is 0 Å². The second-order valence-electron chi connectivity index (χ2n) is 22.9. The Morgan fingerprint density at radius 3 is 1.59 bits per heavy atom. The van der Waals surface area contributed by atoms with Crippen molar-refractivity contribution in [2.45, 2.75) is 78.6 Å². The Bertz CT molecular complexity index is 4420. The highest BCUT2D eigenvalue weighted by molar-refractivity contribution is 6.22. The summed E-state index contributed by atoms with van der Waals surface area (Å²) in [5.41, 5.74) is 28.3. The number of hydrogen-bond donors (Lipinski definition) is 0. The third kappa shape index (κ3) is 5.44. The van der Waals surface area contributed by atoms with Gasteiger partial charge in [-0.25, -0.2) is 0 Å². The first-order valence-electron chi connectivity index (χ1n) is 26.0. The Morgan fingerprint density at radius 1 is 0.370 bits per heavy atom. The van der Waals surface area contributed by atoms with Crippen LogP contribution in [0.3, 0.4) is 0 Å². The van der Waals surface area contributed by atoms with Crippen molar-refractivity contribution in [2.24, 2.45) is 0 Å². The topological polar surface area (TPSA) is 29.5 Å². The fourth-order valence-electron chi connectivity index (χ4n) is 14.5. The third-order valence-corrected chi connectivity index (χ3v) is 17.6. The second-order valence-corrected chi connectivity index (χ2v) is 22.9. The molecule has 0 radical (unpaired) electrons. The van der Waals surface area contributed by atoms with Crippen molar-refractivity contribution in [1.29, 1.82) is 0 Å². The van der Waals surface area contributed by atoms with E-state index in [-0.39, 0.29) is 16.2 Å². The average Bonchev–Trinajstić information content (AvgIpc) is 4.13. The SMILES string of the molecule is Cc1cc(C)c(-c2cc3c(c4c2oc2ccccc24)-c2ccc(N(c4ccc5c(c4)C(C)(C)c4c6c(c7oc8ccccc8c7c4-5)-c4ccccc4C6(C)C)c4cccc5ccccc45)cc2C3(C)C)c(C)c1. The minimum Gasteiger partial charge on any atom is -0.455 e. The van der Waals surface area contributed by atoms with E-state index in [1.54, 1.807) is 0 Å². The molecule has 3 aliphatic rings. The van der Waals surface area contributed by atoms with Crippen molar-refractivity contribution < 1.29 is 8.83 Å². The highest BCUT2D eigenvalue weighted by Gasteiger charge is 2.49. The molecular formula is C70H55NO2. The highest BCUT2D eigenvalue weighted by atomic mass is 16.3. The number of fused-ring (bicyclic) bond motifs is 20. The summed E-state index contributed by atoms with van der Waals surface area (Å²) in [6.07, 6.45) is 0. The number of benzene rings is 10. The smallest absolute Gasteiger partial charge is 0.144 e. The number of aryl methyl sites for hydroxylation is 3. The molecule has 73 heavy (non-hydrogen) atoms. The van der Waals surface area contributed by atoms with Crippen molar-refractivity contribution >= 4 is 71.7 Å². The van der Waals surface area contributed by atoms with Crippen LogP contribution in [0, 0.1) is 20.8 Å². The molecule has 0 atom stereocenters. The largest absolute Gasteiger partial charge is 0.455 e. The molecule has 10 aromatic carbocycles. The van der Waals surface area contributed by atoms with Crippen LogP contribution in [0.15, 0.2) is 179 Å². The van der Waals surface area contributed by atoms with E-state index in [1.807, 2.05) is 0 Å². The molecule has 352 valence electrons. The maximum Gasteiger partial charge on any atom is 0.144 e. The molecule has 2 heterocycles. The van der Waals surface area contributed by atoms with E-state index in [2.05, 4.69) is 237 Å². The summed E-state index contributed by atoms with van der Waals surface area (Å²) in [4.78, 5) is 2.53. The van der Waals surface area contributed by atoms with Crippen LogP contribution in [-0.2, 0) is 16.2 Å². The Labute approximate surface area is 426 Å². The fraction of sp³-hybridized carbons (Fsp3) is 0.171. The lowest BCUT2D eigenvalue weighted by Gasteiger charge is -2.32. The van der Waals surface area contributed by atoms with E-state index in [0.29, 0.717) is 0 Å². The lowest BCUT2D eigenvalue weighted by Crippen LogP contribution is -2.24. The summed E-state index contributed by atoms with van der Waals surface area (Å²) in [6.45, 7) is 21.3. The molecule has 3 heteroatoms. The first-order valence-corrected chi connectivity index (χ1v) is 26.0. The van der Waals surface area contributed by atoms with Crippen LogP contribution >= 0.6 is 0 Å². The van der Waals surface area contributed by atoms with Crippen molar-refractivity contribution in [2.75, 3.05) is 4.90 Å². The molecule has 0 saturated heterocycles. The van der Waals surface area contributed by atoms with Gasteiger partial charge in [-0.15, -0.1) is 0 Å². The number of para-hydroxylation sites is 2. The van der Waals surface area contributed by atoms with Gasteiger partial charge in [0.1, 0.15) is 22.3 Å². The van der Waals surface area contributed by atoms with Crippen LogP contribution in [-0.4, -0.2) is 0 Å². The summed E-state index contributed by atoms with van der Waals surface area (Å²) >= 11 is 0. The van der Waals surface area contributed by atoms with Gasteiger partial charge in [0.15, 0.2) is 0 Å². The second kappa shape index (κ2) is 14.3. The van der Waals surface area contributed by atoms with Gasteiger partial charge in [0.05, 0.1) is 5.69 Å². The van der Waals surface area contributed by atoms with Crippen LogP contribution in [0.5, 0.6) is 0 Å². The van der Waals surface area contributed by atoms with Gasteiger partial charge < -0.3 is 13.7 Å². The first kappa shape index (κ1) is 42.5.